The molecular weight excluding hydrogens is 481 g/mol. The fourth-order valence-corrected chi connectivity index (χ4v) is 4.03. The molecule has 0 bridgehead atoms. The number of aromatic amines is 1. The summed E-state index contributed by atoms with van der Waals surface area (Å²) in [5.74, 6) is 1.07. The zero-order valence-corrected chi connectivity index (χ0v) is 20.1. The predicted molar refractivity (Wildman–Crippen MR) is 131 cm³/mol. The van der Waals surface area contributed by atoms with Crippen LogP contribution < -0.4 is 10.0 Å². The van der Waals surface area contributed by atoms with Crippen LogP contribution in [0.2, 0.25) is 5.02 Å². The fraction of sp³-hybridized carbons (Fsp3) is 0.286. The van der Waals surface area contributed by atoms with Crippen molar-refractivity contribution in [3.05, 3.63) is 47.1 Å². The van der Waals surface area contributed by atoms with E-state index < -0.39 is 0 Å². The lowest BCUT2D eigenvalue weighted by atomic mass is 10.3. The number of anilines is 2. The highest BCUT2D eigenvalue weighted by atomic mass is 35.5. The number of hydrogen-bond donors (Lipinski definition) is 4. The lowest BCUT2D eigenvalue weighted by Gasteiger charge is -2.16. The summed E-state index contributed by atoms with van der Waals surface area (Å²) in [5.41, 5.74) is 1.83. The van der Waals surface area contributed by atoms with Crippen LogP contribution in [0.5, 0.6) is 0 Å². The Hall–Kier alpha value is -3.06. The van der Waals surface area contributed by atoms with Crippen molar-refractivity contribution in [1.82, 2.24) is 35.0 Å². The highest BCUT2D eigenvalue weighted by Gasteiger charge is 2.15. The highest BCUT2D eigenvalue weighted by Crippen LogP contribution is 2.27. The van der Waals surface area contributed by atoms with Crippen LogP contribution in [0, 0.1) is 12.7 Å². The number of aromatic nitrogens is 6. The Labute approximate surface area is 204 Å². The molecule has 0 unspecified atom stereocenters. The molecule has 0 saturated heterocycles. The van der Waals surface area contributed by atoms with Gasteiger partial charge in [0.05, 0.1) is 29.3 Å². The molecule has 0 spiro atoms. The van der Waals surface area contributed by atoms with Crippen molar-refractivity contribution in [3.63, 3.8) is 0 Å². The van der Waals surface area contributed by atoms with Crippen LogP contribution in [0.3, 0.4) is 0 Å². The third-order valence-electron chi connectivity index (χ3n) is 4.90. The molecule has 0 radical (unpaired) electrons. The van der Waals surface area contributed by atoms with Crippen molar-refractivity contribution < 1.29 is 9.50 Å². The fourth-order valence-electron chi connectivity index (χ4n) is 3.12. The van der Waals surface area contributed by atoms with Crippen molar-refractivity contribution in [2.75, 3.05) is 43.3 Å². The van der Waals surface area contributed by atoms with Crippen molar-refractivity contribution in [2.45, 2.75) is 11.8 Å². The number of halogens is 2. The van der Waals surface area contributed by atoms with E-state index in [0.29, 0.717) is 51.8 Å². The normalized spacial score (nSPS) is 11.4. The summed E-state index contributed by atoms with van der Waals surface area (Å²) in [4.78, 5) is 20.3. The molecule has 4 N–H and O–H groups in total. The molecular formula is C21H23ClFN9OS. The van der Waals surface area contributed by atoms with Crippen LogP contribution in [0.25, 0.3) is 22.6 Å². The summed E-state index contributed by atoms with van der Waals surface area (Å²) in [6, 6.07) is 4.33. The molecule has 178 valence electrons. The Morgan fingerprint density at radius 1 is 1.21 bits per heavy atom. The average molecular weight is 504 g/mol. The lowest BCUT2D eigenvalue weighted by Crippen LogP contribution is -2.28. The molecule has 13 heteroatoms. The van der Waals surface area contributed by atoms with Gasteiger partial charge in [0.2, 0.25) is 0 Å². The maximum Gasteiger partial charge on any atom is 0.187 e. The van der Waals surface area contributed by atoms with Gasteiger partial charge in [0.15, 0.2) is 17.3 Å². The van der Waals surface area contributed by atoms with E-state index >= 15 is 0 Å². The van der Waals surface area contributed by atoms with Gasteiger partial charge >= 0.3 is 0 Å². The molecule has 4 aromatic rings. The van der Waals surface area contributed by atoms with Gasteiger partial charge in [-0.05, 0) is 44.1 Å². The lowest BCUT2D eigenvalue weighted by molar-refractivity contribution is 0.225. The van der Waals surface area contributed by atoms with E-state index in [0.717, 1.165) is 29.6 Å². The molecule has 0 aliphatic heterocycles. The van der Waals surface area contributed by atoms with Crippen LogP contribution in [-0.4, -0.2) is 73.4 Å². The van der Waals surface area contributed by atoms with E-state index in [4.69, 9.17) is 16.7 Å². The smallest absolute Gasteiger partial charge is 0.187 e. The molecule has 0 amide bonds. The summed E-state index contributed by atoms with van der Waals surface area (Å²) >= 11 is 6.98. The standard InChI is InChI=1S/C21H23ClFN9OS/c1-12-18-20(24-5-6-32(2)7-8-33)27-19(28-21(18)30-29-12)15-10-26-17(11-25-15)31-34-16-9-13(22)3-4-14(16)23/h3-4,9-11,33H,5-8H2,1-2H3,(H,26,31)(H2,24,27,28,29,30). The van der Waals surface area contributed by atoms with Crippen molar-refractivity contribution in [1.29, 1.82) is 0 Å². The van der Waals surface area contributed by atoms with E-state index in [2.05, 4.69) is 40.2 Å². The summed E-state index contributed by atoms with van der Waals surface area (Å²) in [7, 11) is 1.94. The van der Waals surface area contributed by atoms with Crippen molar-refractivity contribution in [2.24, 2.45) is 0 Å². The molecule has 3 heterocycles. The first-order valence-electron chi connectivity index (χ1n) is 10.4. The molecule has 0 saturated carbocycles. The van der Waals surface area contributed by atoms with E-state index in [1.807, 2.05) is 18.9 Å². The molecule has 10 nitrogen and oxygen atoms in total. The zero-order chi connectivity index (χ0) is 24.1. The van der Waals surface area contributed by atoms with Crippen LogP contribution >= 0.6 is 23.5 Å². The maximum absolute atomic E-state index is 13.9. The van der Waals surface area contributed by atoms with Crippen LogP contribution in [0.15, 0.2) is 35.5 Å². The summed E-state index contributed by atoms with van der Waals surface area (Å²) in [5, 5.41) is 20.8. The molecule has 0 aliphatic rings. The Balaban J connectivity index is 1.50. The van der Waals surface area contributed by atoms with Crippen LogP contribution in [0.1, 0.15) is 5.69 Å². The van der Waals surface area contributed by atoms with Gasteiger partial charge in [-0.3, -0.25) is 5.10 Å². The number of nitrogens with one attached hydrogen (secondary N) is 3. The van der Waals surface area contributed by atoms with Gasteiger partial charge in [0, 0.05) is 30.4 Å². The molecule has 0 fully saturated rings. The Morgan fingerprint density at radius 3 is 2.82 bits per heavy atom. The van der Waals surface area contributed by atoms with Gasteiger partial charge < -0.3 is 20.0 Å². The van der Waals surface area contributed by atoms with E-state index in [-0.39, 0.29) is 12.4 Å². The van der Waals surface area contributed by atoms with Crippen LogP contribution in [-0.2, 0) is 0 Å². The van der Waals surface area contributed by atoms with Gasteiger partial charge in [0.1, 0.15) is 17.3 Å². The molecule has 1 aromatic carbocycles. The first-order chi connectivity index (χ1) is 16.4. The first kappa shape index (κ1) is 24.1. The number of aliphatic hydroxyl groups is 1. The number of aliphatic hydroxyl groups excluding tert-OH is 1. The SMILES string of the molecule is Cc1[nH]nc2nc(-c3cnc(NSc4cc(Cl)ccc4F)cn3)nc(NCCN(C)CCO)c12. The topological polar surface area (TPSA) is 128 Å². The van der Waals surface area contributed by atoms with Crippen LogP contribution in [0.4, 0.5) is 16.0 Å². The second-order valence-corrected chi connectivity index (χ2v) is 8.75. The summed E-state index contributed by atoms with van der Waals surface area (Å²) < 4.78 is 16.8. The monoisotopic (exact) mass is 503 g/mol. The quantitative estimate of drug-likeness (QED) is 0.239. The number of nitrogens with zero attached hydrogens (tertiary/aromatic N) is 6. The predicted octanol–water partition coefficient (Wildman–Crippen LogP) is 3.37. The molecule has 0 aliphatic carbocycles. The second kappa shape index (κ2) is 10.9. The minimum absolute atomic E-state index is 0.106. The molecule has 3 aromatic heterocycles. The second-order valence-electron chi connectivity index (χ2n) is 7.46. The molecule has 0 atom stereocenters. The average Bonchev–Trinajstić information content (AvgIpc) is 3.21. The van der Waals surface area contributed by atoms with Gasteiger partial charge in [-0.15, -0.1) is 0 Å². The molecule has 4 rings (SSSR count). The van der Waals surface area contributed by atoms with E-state index in [9.17, 15) is 4.39 Å². The Morgan fingerprint density at radius 2 is 2.06 bits per heavy atom. The van der Waals surface area contributed by atoms with E-state index in [1.54, 1.807) is 0 Å². The zero-order valence-electron chi connectivity index (χ0n) is 18.5. The van der Waals surface area contributed by atoms with Gasteiger partial charge in [-0.25, -0.2) is 24.3 Å². The van der Waals surface area contributed by atoms with E-state index in [1.165, 1.54) is 30.6 Å². The summed E-state index contributed by atoms with van der Waals surface area (Å²) in [6.45, 7) is 3.95. The Kier molecular flexibility index (Phi) is 7.73. The number of rotatable bonds is 10. The van der Waals surface area contributed by atoms with Crippen molar-refractivity contribution >= 4 is 46.2 Å². The third-order valence-corrected chi connectivity index (χ3v) is 5.98. The number of hydrogen-bond acceptors (Lipinski definition) is 10. The third kappa shape index (κ3) is 5.70. The first-order valence-corrected chi connectivity index (χ1v) is 11.6. The maximum atomic E-state index is 13.9. The Bertz CT molecular complexity index is 1270. The number of benzene rings is 1. The van der Waals surface area contributed by atoms with Gasteiger partial charge in [-0.2, -0.15) is 5.10 Å². The summed E-state index contributed by atoms with van der Waals surface area (Å²) in [6.07, 6.45) is 3.06. The number of H-pyrrole nitrogens is 1. The number of likely N-dealkylation sites (N-methyl/N-ethyl adjacent to an activating group) is 1. The minimum atomic E-state index is -0.384. The van der Waals surface area contributed by atoms with Gasteiger partial charge in [0.25, 0.3) is 0 Å². The highest BCUT2D eigenvalue weighted by molar-refractivity contribution is 8.00. The van der Waals surface area contributed by atoms with Gasteiger partial charge in [-0.1, -0.05) is 11.6 Å². The minimum Gasteiger partial charge on any atom is -0.395 e. The number of aryl methyl sites for hydroxylation is 1. The van der Waals surface area contributed by atoms with Crippen molar-refractivity contribution in [3.8, 4) is 11.5 Å². The largest absolute Gasteiger partial charge is 0.395 e. The number of fused-ring (bicyclic) bond motifs is 1. The molecule has 34 heavy (non-hydrogen) atoms.